The number of hydrogen-bond donors (Lipinski definition) is 0. The second-order valence-corrected chi connectivity index (χ2v) is 7.65. The zero-order valence-corrected chi connectivity index (χ0v) is 16.6. The summed E-state index contributed by atoms with van der Waals surface area (Å²) in [7, 11) is 1.61. The fourth-order valence-electron chi connectivity index (χ4n) is 3.41. The lowest BCUT2D eigenvalue weighted by molar-refractivity contribution is -0.132. The van der Waals surface area contributed by atoms with Crippen molar-refractivity contribution in [3.05, 3.63) is 47.7 Å². The zero-order valence-electron chi connectivity index (χ0n) is 16.6. The third-order valence-electron chi connectivity index (χ3n) is 5.09. The molecule has 0 radical (unpaired) electrons. The van der Waals surface area contributed by atoms with Crippen LogP contribution in [0, 0.1) is 6.92 Å². The Morgan fingerprint density at radius 3 is 2.41 bits per heavy atom. The van der Waals surface area contributed by atoms with Gasteiger partial charge in [0, 0.05) is 44.4 Å². The van der Waals surface area contributed by atoms with E-state index in [1.165, 1.54) is 5.56 Å². The molecule has 0 saturated carbocycles. The minimum Gasteiger partial charge on any atom is -0.481 e. The van der Waals surface area contributed by atoms with Crippen LogP contribution in [-0.4, -0.2) is 54.1 Å². The number of piperazine rings is 1. The molecule has 0 spiro atoms. The molecule has 0 N–H and O–H groups in total. The van der Waals surface area contributed by atoms with E-state index in [1.807, 2.05) is 36.1 Å². The standard InChI is InChI=1S/C21H28N4O2/c1-16-14-18(27-4)23-20(22-16)25-12-10-24(11-13-25)19(26)15-21(2,3)17-8-6-5-7-9-17/h5-9,14H,10-13,15H2,1-4H3. The van der Waals surface area contributed by atoms with Gasteiger partial charge in [-0.3, -0.25) is 4.79 Å². The third-order valence-corrected chi connectivity index (χ3v) is 5.09. The maximum Gasteiger partial charge on any atom is 0.228 e. The summed E-state index contributed by atoms with van der Waals surface area (Å²) in [6.45, 7) is 9.01. The Balaban J connectivity index is 1.60. The Kier molecular flexibility index (Phi) is 5.63. The second-order valence-electron chi connectivity index (χ2n) is 7.65. The van der Waals surface area contributed by atoms with Gasteiger partial charge in [-0.2, -0.15) is 4.98 Å². The van der Waals surface area contributed by atoms with Gasteiger partial charge in [-0.25, -0.2) is 4.98 Å². The zero-order chi connectivity index (χ0) is 19.4. The molecule has 6 heteroatoms. The van der Waals surface area contributed by atoms with Gasteiger partial charge in [0.2, 0.25) is 17.7 Å². The molecule has 0 aliphatic carbocycles. The molecule has 1 aromatic heterocycles. The summed E-state index contributed by atoms with van der Waals surface area (Å²) in [6.07, 6.45) is 0.506. The first kappa shape index (κ1) is 19.1. The summed E-state index contributed by atoms with van der Waals surface area (Å²) < 4.78 is 5.24. The van der Waals surface area contributed by atoms with Crippen molar-refractivity contribution < 1.29 is 9.53 Å². The van der Waals surface area contributed by atoms with Crippen LogP contribution < -0.4 is 9.64 Å². The van der Waals surface area contributed by atoms with Gasteiger partial charge in [-0.15, -0.1) is 0 Å². The van der Waals surface area contributed by atoms with Gasteiger partial charge in [0.15, 0.2) is 0 Å². The van der Waals surface area contributed by atoms with Crippen LogP contribution in [0.15, 0.2) is 36.4 Å². The lowest BCUT2D eigenvalue weighted by atomic mass is 9.81. The molecule has 144 valence electrons. The Hall–Kier alpha value is -2.63. The fraction of sp³-hybridized carbons (Fsp3) is 0.476. The van der Waals surface area contributed by atoms with Crippen LogP contribution in [-0.2, 0) is 10.2 Å². The van der Waals surface area contributed by atoms with Crippen LogP contribution in [0.4, 0.5) is 5.95 Å². The Bertz CT molecular complexity index is 784. The minimum absolute atomic E-state index is 0.178. The molecular formula is C21H28N4O2. The maximum atomic E-state index is 12.8. The van der Waals surface area contributed by atoms with Gasteiger partial charge in [0.25, 0.3) is 0 Å². The molecule has 0 atom stereocenters. The molecule has 1 fully saturated rings. The van der Waals surface area contributed by atoms with Crippen molar-refractivity contribution in [3.63, 3.8) is 0 Å². The molecule has 3 rings (SSSR count). The van der Waals surface area contributed by atoms with Gasteiger partial charge in [0.05, 0.1) is 7.11 Å². The van der Waals surface area contributed by atoms with Gasteiger partial charge < -0.3 is 14.5 Å². The van der Waals surface area contributed by atoms with Crippen molar-refractivity contribution in [2.45, 2.75) is 32.6 Å². The van der Waals surface area contributed by atoms with Crippen molar-refractivity contribution >= 4 is 11.9 Å². The number of benzene rings is 1. The van der Waals surface area contributed by atoms with Crippen LogP contribution >= 0.6 is 0 Å². The SMILES string of the molecule is COc1cc(C)nc(N2CCN(C(=O)CC(C)(C)c3ccccc3)CC2)n1. The summed E-state index contributed by atoms with van der Waals surface area (Å²) >= 11 is 0. The predicted octanol–water partition coefficient (Wildman–Crippen LogP) is 2.81. The highest BCUT2D eigenvalue weighted by Gasteiger charge is 2.29. The number of nitrogens with zero attached hydrogens (tertiary/aromatic N) is 4. The predicted molar refractivity (Wildman–Crippen MR) is 106 cm³/mol. The molecule has 1 saturated heterocycles. The lowest BCUT2D eigenvalue weighted by Crippen LogP contribution is -2.50. The molecule has 1 aromatic carbocycles. The fourth-order valence-corrected chi connectivity index (χ4v) is 3.41. The van der Waals surface area contributed by atoms with E-state index in [0.29, 0.717) is 31.3 Å². The summed E-state index contributed by atoms with van der Waals surface area (Å²) in [4.78, 5) is 25.8. The first-order chi connectivity index (χ1) is 12.9. The number of rotatable bonds is 5. The van der Waals surface area contributed by atoms with E-state index in [0.717, 1.165) is 18.8 Å². The van der Waals surface area contributed by atoms with Crippen LogP contribution in [0.3, 0.4) is 0 Å². The lowest BCUT2D eigenvalue weighted by Gasteiger charge is -2.36. The van der Waals surface area contributed by atoms with E-state index in [4.69, 9.17) is 4.74 Å². The number of methoxy groups -OCH3 is 1. The number of ether oxygens (including phenoxy) is 1. The molecule has 2 heterocycles. The highest BCUT2D eigenvalue weighted by molar-refractivity contribution is 5.78. The smallest absolute Gasteiger partial charge is 0.228 e. The monoisotopic (exact) mass is 368 g/mol. The summed E-state index contributed by atoms with van der Waals surface area (Å²) in [5, 5.41) is 0. The minimum atomic E-state index is -0.178. The van der Waals surface area contributed by atoms with Gasteiger partial charge in [0.1, 0.15) is 0 Å². The van der Waals surface area contributed by atoms with Crippen molar-refractivity contribution in [2.24, 2.45) is 0 Å². The number of aromatic nitrogens is 2. The van der Waals surface area contributed by atoms with E-state index >= 15 is 0 Å². The first-order valence-corrected chi connectivity index (χ1v) is 9.37. The molecule has 1 aliphatic heterocycles. The Morgan fingerprint density at radius 1 is 1.11 bits per heavy atom. The summed E-state index contributed by atoms with van der Waals surface area (Å²) in [5.74, 6) is 1.44. The van der Waals surface area contributed by atoms with E-state index < -0.39 is 0 Å². The molecule has 0 bridgehead atoms. The van der Waals surface area contributed by atoms with Crippen molar-refractivity contribution in [1.29, 1.82) is 0 Å². The number of carbonyl (C=O) groups is 1. The molecule has 6 nitrogen and oxygen atoms in total. The van der Waals surface area contributed by atoms with Crippen molar-refractivity contribution in [3.8, 4) is 5.88 Å². The highest BCUT2D eigenvalue weighted by Crippen LogP contribution is 2.28. The van der Waals surface area contributed by atoms with Crippen LogP contribution in [0.1, 0.15) is 31.5 Å². The molecule has 1 aliphatic rings. The van der Waals surface area contributed by atoms with Crippen LogP contribution in [0.2, 0.25) is 0 Å². The molecular weight excluding hydrogens is 340 g/mol. The summed E-state index contributed by atoms with van der Waals surface area (Å²) in [6, 6.07) is 12.0. The maximum absolute atomic E-state index is 12.8. The number of hydrogen-bond acceptors (Lipinski definition) is 5. The van der Waals surface area contributed by atoms with E-state index in [2.05, 4.69) is 40.8 Å². The van der Waals surface area contributed by atoms with Gasteiger partial charge in [-0.05, 0) is 17.9 Å². The largest absolute Gasteiger partial charge is 0.481 e. The van der Waals surface area contributed by atoms with E-state index in [9.17, 15) is 4.79 Å². The van der Waals surface area contributed by atoms with Crippen molar-refractivity contribution in [2.75, 3.05) is 38.2 Å². The second kappa shape index (κ2) is 7.94. The topological polar surface area (TPSA) is 58.6 Å². The Morgan fingerprint density at radius 2 is 1.78 bits per heavy atom. The average Bonchev–Trinajstić information content (AvgIpc) is 2.68. The van der Waals surface area contributed by atoms with Gasteiger partial charge >= 0.3 is 0 Å². The third kappa shape index (κ3) is 4.56. The molecule has 27 heavy (non-hydrogen) atoms. The normalized spacial score (nSPS) is 15.0. The van der Waals surface area contributed by atoms with E-state index in [-0.39, 0.29) is 11.3 Å². The first-order valence-electron chi connectivity index (χ1n) is 9.37. The number of carbonyl (C=O) groups excluding carboxylic acids is 1. The highest BCUT2D eigenvalue weighted by atomic mass is 16.5. The van der Waals surface area contributed by atoms with Crippen LogP contribution in [0.5, 0.6) is 5.88 Å². The van der Waals surface area contributed by atoms with E-state index in [1.54, 1.807) is 7.11 Å². The quantitative estimate of drug-likeness (QED) is 0.812. The number of anilines is 1. The number of aryl methyl sites for hydroxylation is 1. The number of amides is 1. The molecule has 0 unspecified atom stereocenters. The Labute approximate surface area is 161 Å². The summed E-state index contributed by atoms with van der Waals surface area (Å²) in [5.41, 5.74) is 1.89. The molecule has 2 aromatic rings. The molecule has 1 amide bonds. The van der Waals surface area contributed by atoms with Crippen LogP contribution in [0.25, 0.3) is 0 Å². The van der Waals surface area contributed by atoms with Gasteiger partial charge in [-0.1, -0.05) is 44.2 Å². The van der Waals surface area contributed by atoms with Crippen molar-refractivity contribution in [1.82, 2.24) is 14.9 Å². The average molecular weight is 368 g/mol.